The molecule has 7 N–H and O–H groups in total. The number of rotatable bonds is 34. The molecule has 0 aromatic carbocycles. The van der Waals surface area contributed by atoms with E-state index in [1.807, 2.05) is 20.8 Å². The number of aliphatic hydroxyl groups is 2. The molecule has 1 saturated heterocycles. The summed E-state index contributed by atoms with van der Waals surface area (Å²) in [6, 6.07) is -0.0890. The molecular weight excluding hydrogens is 749 g/mol. The number of hydrogen-bond acceptors (Lipinski definition) is 7. The lowest BCUT2D eigenvalue weighted by atomic mass is 9.84. The van der Waals surface area contributed by atoms with E-state index in [4.69, 9.17) is 5.73 Å². The molecule has 10 heteroatoms. The fourth-order valence-electron chi connectivity index (χ4n) is 9.50. The molecule has 2 amide bonds. The molecule has 0 aromatic heterocycles. The van der Waals surface area contributed by atoms with Crippen LogP contribution in [0.1, 0.15) is 186 Å². The summed E-state index contributed by atoms with van der Waals surface area (Å²) >= 11 is 0. The van der Waals surface area contributed by atoms with Gasteiger partial charge in [0.2, 0.25) is 11.8 Å². The van der Waals surface area contributed by atoms with Gasteiger partial charge in [-0.2, -0.15) is 0 Å². The van der Waals surface area contributed by atoms with Crippen LogP contribution in [0.5, 0.6) is 0 Å². The molecule has 60 heavy (non-hydrogen) atoms. The minimum atomic E-state index is -0.440. The third-order valence-corrected chi connectivity index (χ3v) is 13.8. The van der Waals surface area contributed by atoms with Crippen LogP contribution in [0.4, 0.5) is 0 Å². The third kappa shape index (κ3) is 24.3. The molecule has 0 aromatic rings. The van der Waals surface area contributed by atoms with Gasteiger partial charge < -0.3 is 31.9 Å². The van der Waals surface area contributed by atoms with Gasteiger partial charge in [-0.3, -0.25) is 14.5 Å². The molecule has 0 spiro atoms. The van der Waals surface area contributed by atoms with E-state index >= 15 is 0 Å². The first-order chi connectivity index (χ1) is 28.4. The quantitative estimate of drug-likeness (QED) is 0.0284. The summed E-state index contributed by atoms with van der Waals surface area (Å²) in [5, 5.41) is 31.7. The molecule has 0 bridgehead atoms. The Bertz CT molecular complexity index is 1150. The molecule has 0 aliphatic carbocycles. The first kappa shape index (κ1) is 56.4. The highest BCUT2D eigenvalue weighted by molar-refractivity contribution is 5.79. The van der Waals surface area contributed by atoms with Crippen LogP contribution in [-0.4, -0.2) is 113 Å². The number of aliphatic hydroxyl groups excluding tert-OH is 2. The summed E-state index contributed by atoms with van der Waals surface area (Å²) < 4.78 is 2.27. The maximum absolute atomic E-state index is 13.8. The zero-order valence-corrected chi connectivity index (χ0v) is 41.3. The molecule has 1 aliphatic heterocycles. The van der Waals surface area contributed by atoms with Crippen LogP contribution in [0.2, 0.25) is 0 Å². The summed E-state index contributed by atoms with van der Waals surface area (Å²) in [5.41, 5.74) is 6.90. The van der Waals surface area contributed by atoms with Crippen LogP contribution in [0.25, 0.3) is 0 Å². The molecule has 1 aliphatic rings. The molecule has 0 saturated carbocycles. The van der Waals surface area contributed by atoms with Crippen LogP contribution in [0, 0.1) is 41.4 Å². The van der Waals surface area contributed by atoms with Gasteiger partial charge in [0.05, 0.1) is 30.2 Å². The van der Waals surface area contributed by atoms with Crippen LogP contribution >= 0.6 is 0 Å². The van der Waals surface area contributed by atoms with Gasteiger partial charge in [-0.1, -0.05) is 108 Å². The van der Waals surface area contributed by atoms with Gasteiger partial charge in [-0.15, -0.1) is 0 Å². The standard InChI is InChI=1S/C50H100N6O4/c1-13-17-37(6)32-39(8)21-24-46(41(10)33-38(7)18-14-2)54-49(59)20-16-29-55(34-42(11)56-30-27-52-28-31-56)35-45(51)43(12)50(60)53-44(22-25-47(57)36(4)5)23-26-48(58)40(9)19-15-3/h29,36-48,52,57-58H,13-28,30-35,51H2,1-12H3,(H-,53,54,59,60)/p+1. The van der Waals surface area contributed by atoms with Gasteiger partial charge in [0.1, 0.15) is 6.21 Å². The van der Waals surface area contributed by atoms with Gasteiger partial charge >= 0.3 is 0 Å². The summed E-state index contributed by atoms with van der Waals surface area (Å²) in [5.74, 6) is 2.41. The van der Waals surface area contributed by atoms with Crippen molar-refractivity contribution in [3.05, 3.63) is 0 Å². The largest absolute Gasteiger partial charge is 0.393 e. The Morgan fingerprint density at radius 1 is 0.700 bits per heavy atom. The fourth-order valence-corrected chi connectivity index (χ4v) is 9.50. The molecular formula is C50H101N6O4+. The second kappa shape index (κ2) is 32.1. The average Bonchev–Trinajstić information content (AvgIpc) is 3.19. The zero-order chi connectivity index (χ0) is 45.2. The lowest BCUT2D eigenvalue weighted by Crippen LogP contribution is -2.52. The predicted octanol–water partition coefficient (Wildman–Crippen LogP) is 8.16. The van der Waals surface area contributed by atoms with E-state index < -0.39 is 24.2 Å². The maximum Gasteiger partial charge on any atom is 0.224 e. The first-order valence-electron chi connectivity index (χ1n) is 25.1. The van der Waals surface area contributed by atoms with Crippen molar-refractivity contribution in [3.8, 4) is 0 Å². The monoisotopic (exact) mass is 850 g/mol. The Kier molecular flexibility index (Phi) is 30.2. The molecule has 12 atom stereocenters. The van der Waals surface area contributed by atoms with E-state index in [1.165, 1.54) is 32.1 Å². The Morgan fingerprint density at radius 2 is 1.27 bits per heavy atom. The van der Waals surface area contributed by atoms with E-state index in [2.05, 4.69) is 94.0 Å². The van der Waals surface area contributed by atoms with E-state index in [-0.39, 0.29) is 35.7 Å². The topological polar surface area (TPSA) is 143 Å². The highest BCUT2D eigenvalue weighted by atomic mass is 16.3. The first-order valence-corrected chi connectivity index (χ1v) is 25.1. The Hall–Kier alpha value is -1.59. The summed E-state index contributed by atoms with van der Waals surface area (Å²) in [6.07, 6.45) is 16.3. The highest BCUT2D eigenvalue weighted by Crippen LogP contribution is 2.26. The zero-order valence-electron chi connectivity index (χ0n) is 41.3. The van der Waals surface area contributed by atoms with Crippen molar-refractivity contribution in [3.63, 3.8) is 0 Å². The minimum Gasteiger partial charge on any atom is -0.393 e. The third-order valence-electron chi connectivity index (χ3n) is 13.8. The second-order valence-electron chi connectivity index (χ2n) is 20.4. The van der Waals surface area contributed by atoms with Gasteiger partial charge in [0.15, 0.2) is 13.1 Å². The smallest absolute Gasteiger partial charge is 0.224 e. The van der Waals surface area contributed by atoms with Crippen molar-refractivity contribution in [1.82, 2.24) is 20.9 Å². The second-order valence-corrected chi connectivity index (χ2v) is 20.4. The van der Waals surface area contributed by atoms with Crippen molar-refractivity contribution in [1.29, 1.82) is 0 Å². The number of carbonyl (C=O) groups is 2. The van der Waals surface area contributed by atoms with Crippen LogP contribution in [0.15, 0.2) is 0 Å². The van der Waals surface area contributed by atoms with Gasteiger partial charge in [-0.05, 0) is 100 Å². The number of nitrogens with two attached hydrogens (primary N) is 1. The van der Waals surface area contributed by atoms with E-state index in [0.717, 1.165) is 70.7 Å². The van der Waals surface area contributed by atoms with Crippen LogP contribution < -0.4 is 21.7 Å². The van der Waals surface area contributed by atoms with E-state index in [1.54, 1.807) is 0 Å². The average molecular weight is 850 g/mol. The van der Waals surface area contributed by atoms with Crippen molar-refractivity contribution < 1.29 is 24.4 Å². The van der Waals surface area contributed by atoms with Gasteiger partial charge in [-0.25, -0.2) is 4.58 Å². The molecule has 0 radical (unpaired) electrons. The predicted molar refractivity (Wildman–Crippen MR) is 255 cm³/mol. The van der Waals surface area contributed by atoms with Gasteiger partial charge in [0.25, 0.3) is 0 Å². The van der Waals surface area contributed by atoms with Crippen molar-refractivity contribution in [2.24, 2.45) is 47.2 Å². The van der Waals surface area contributed by atoms with E-state index in [0.29, 0.717) is 68.9 Å². The number of hydrogen-bond donors (Lipinski definition) is 6. The highest BCUT2D eigenvalue weighted by Gasteiger charge is 2.30. The maximum atomic E-state index is 13.8. The lowest BCUT2D eigenvalue weighted by Gasteiger charge is -2.32. The Labute approximate surface area is 370 Å². The van der Waals surface area contributed by atoms with Crippen LogP contribution in [0.3, 0.4) is 0 Å². The normalized spacial score (nSPS) is 20.3. The molecule has 354 valence electrons. The number of carbonyl (C=O) groups excluding carboxylic acids is 2. The number of piperazine rings is 1. The molecule has 12 unspecified atom stereocenters. The molecule has 1 rings (SSSR count). The molecule has 1 fully saturated rings. The van der Waals surface area contributed by atoms with Crippen LogP contribution in [-0.2, 0) is 9.59 Å². The van der Waals surface area contributed by atoms with E-state index in [9.17, 15) is 19.8 Å². The summed E-state index contributed by atoms with van der Waals surface area (Å²) in [7, 11) is 0. The van der Waals surface area contributed by atoms with Crippen molar-refractivity contribution in [2.75, 3.05) is 39.3 Å². The summed E-state index contributed by atoms with van der Waals surface area (Å²) in [4.78, 5) is 30.0. The van der Waals surface area contributed by atoms with Crippen molar-refractivity contribution >= 4 is 18.0 Å². The van der Waals surface area contributed by atoms with Crippen molar-refractivity contribution in [2.45, 2.75) is 222 Å². The lowest BCUT2D eigenvalue weighted by molar-refractivity contribution is -0.532. The SMILES string of the molecule is CCCC(C)CC(C)CCC(NC(=O)CCC=[N+](CC(N)C(C)C(=O)NC(CCC(O)C(C)C)CCC(O)C(C)CCC)CC(C)N1CCNCC1)C(C)CC(C)CCC. The molecule has 10 nitrogen and oxygen atoms in total. The Morgan fingerprint density at radius 3 is 1.85 bits per heavy atom. The Balaban J connectivity index is 3.11. The number of nitrogens with zero attached hydrogens (tertiary/aromatic N) is 2. The number of amides is 2. The minimum absolute atomic E-state index is 0.0836. The number of nitrogens with one attached hydrogen (secondary N) is 3. The van der Waals surface area contributed by atoms with Gasteiger partial charge in [0, 0.05) is 51.1 Å². The molecule has 1 heterocycles. The fraction of sp³-hybridized carbons (Fsp3) is 0.940. The summed E-state index contributed by atoms with van der Waals surface area (Å²) in [6.45, 7) is 31.6.